The Hall–Kier alpha value is -1.24. The summed E-state index contributed by atoms with van der Waals surface area (Å²) in [6.07, 6.45) is -0.215. The molecule has 7 heteroatoms. The number of carbonyl (C=O) groups excluding carboxylic acids is 1. The summed E-state index contributed by atoms with van der Waals surface area (Å²) in [5.41, 5.74) is -2.26. The number of hydrogen-bond donors (Lipinski definition) is 3. The third kappa shape index (κ3) is 2.29. The van der Waals surface area contributed by atoms with Gasteiger partial charge < -0.3 is 15.5 Å². The van der Waals surface area contributed by atoms with Gasteiger partial charge in [-0.1, -0.05) is 0 Å². The van der Waals surface area contributed by atoms with Crippen molar-refractivity contribution in [1.82, 2.24) is 5.32 Å². The van der Waals surface area contributed by atoms with Gasteiger partial charge in [-0.05, 0) is 19.3 Å². The Bertz CT molecular complexity index is 302. The van der Waals surface area contributed by atoms with E-state index in [1.807, 2.05) is 0 Å². The molecule has 0 aromatic heterocycles. The molecule has 0 atom stereocenters. The molecule has 1 aliphatic carbocycles. The molecule has 1 amide bonds. The van der Waals surface area contributed by atoms with Crippen LogP contribution in [0.25, 0.3) is 0 Å². The van der Waals surface area contributed by atoms with Gasteiger partial charge in [0.25, 0.3) is 5.91 Å². The van der Waals surface area contributed by atoms with Crippen molar-refractivity contribution in [2.75, 3.05) is 6.54 Å². The number of carboxylic acid groups (broad SMARTS) is 1. The molecule has 0 spiro atoms. The minimum Gasteiger partial charge on any atom is -0.481 e. The number of hydrogen-bond acceptors (Lipinski definition) is 3. The van der Waals surface area contributed by atoms with Crippen molar-refractivity contribution >= 4 is 11.9 Å². The van der Waals surface area contributed by atoms with E-state index < -0.39 is 29.8 Å². The van der Waals surface area contributed by atoms with Gasteiger partial charge in [0.1, 0.15) is 5.60 Å². The van der Waals surface area contributed by atoms with Crippen LogP contribution >= 0.6 is 0 Å². The zero-order chi connectivity index (χ0) is 12.4. The van der Waals surface area contributed by atoms with Crippen LogP contribution in [0.5, 0.6) is 0 Å². The van der Waals surface area contributed by atoms with Crippen molar-refractivity contribution in [3.63, 3.8) is 0 Å². The molecule has 1 saturated carbocycles. The summed E-state index contributed by atoms with van der Waals surface area (Å²) in [6, 6.07) is 0. The lowest BCUT2D eigenvalue weighted by atomic mass is 9.75. The van der Waals surface area contributed by atoms with Crippen LogP contribution in [0.15, 0.2) is 0 Å². The SMILES string of the molecule is O=C(O)CCNC(=O)C(F)(F)C1(O)CCC1. The van der Waals surface area contributed by atoms with Crippen molar-refractivity contribution in [3.05, 3.63) is 0 Å². The van der Waals surface area contributed by atoms with E-state index in [2.05, 4.69) is 0 Å². The second kappa shape index (κ2) is 4.32. The fourth-order valence-corrected chi connectivity index (χ4v) is 1.43. The van der Waals surface area contributed by atoms with Gasteiger partial charge in [0, 0.05) is 6.54 Å². The van der Waals surface area contributed by atoms with Gasteiger partial charge >= 0.3 is 11.9 Å². The van der Waals surface area contributed by atoms with E-state index in [-0.39, 0.29) is 19.4 Å². The lowest BCUT2D eigenvalue weighted by Crippen LogP contribution is -2.60. The zero-order valence-corrected chi connectivity index (χ0v) is 8.50. The van der Waals surface area contributed by atoms with Crippen LogP contribution in [0, 0.1) is 0 Å². The van der Waals surface area contributed by atoms with Crippen molar-refractivity contribution in [3.8, 4) is 0 Å². The second-order valence-corrected chi connectivity index (χ2v) is 3.86. The summed E-state index contributed by atoms with van der Waals surface area (Å²) in [6.45, 7) is -0.375. The molecule has 3 N–H and O–H groups in total. The maximum atomic E-state index is 13.4. The lowest BCUT2D eigenvalue weighted by molar-refractivity contribution is -0.215. The lowest BCUT2D eigenvalue weighted by Gasteiger charge is -2.41. The van der Waals surface area contributed by atoms with Gasteiger partial charge in [0.2, 0.25) is 0 Å². The Labute approximate surface area is 90.4 Å². The number of amides is 1. The van der Waals surface area contributed by atoms with Gasteiger partial charge in [-0.25, -0.2) is 0 Å². The second-order valence-electron chi connectivity index (χ2n) is 3.86. The van der Waals surface area contributed by atoms with Crippen LogP contribution in [0.1, 0.15) is 25.7 Å². The van der Waals surface area contributed by atoms with Gasteiger partial charge in [0.05, 0.1) is 6.42 Å². The Balaban J connectivity index is 2.48. The molecular formula is C9H13F2NO4. The first-order chi connectivity index (χ1) is 7.29. The summed E-state index contributed by atoms with van der Waals surface area (Å²) in [5, 5.41) is 19.4. The third-order valence-electron chi connectivity index (χ3n) is 2.67. The predicted molar refractivity (Wildman–Crippen MR) is 49.0 cm³/mol. The van der Waals surface area contributed by atoms with Gasteiger partial charge in [-0.15, -0.1) is 0 Å². The predicted octanol–water partition coefficient (Wildman–Crippen LogP) is 0.128. The maximum absolute atomic E-state index is 13.4. The molecule has 92 valence electrons. The molecule has 0 bridgehead atoms. The largest absolute Gasteiger partial charge is 0.481 e. The van der Waals surface area contributed by atoms with Crippen LogP contribution in [-0.2, 0) is 9.59 Å². The molecule has 1 aliphatic rings. The van der Waals surface area contributed by atoms with Crippen LogP contribution in [0.2, 0.25) is 0 Å². The monoisotopic (exact) mass is 237 g/mol. The average Bonchev–Trinajstić information content (AvgIpc) is 2.13. The van der Waals surface area contributed by atoms with E-state index in [0.29, 0.717) is 6.42 Å². The number of aliphatic hydroxyl groups is 1. The first-order valence-electron chi connectivity index (χ1n) is 4.90. The Morgan fingerprint density at radius 3 is 2.31 bits per heavy atom. The van der Waals surface area contributed by atoms with Crippen molar-refractivity contribution in [2.24, 2.45) is 0 Å². The zero-order valence-electron chi connectivity index (χ0n) is 8.50. The summed E-state index contributed by atoms with van der Waals surface area (Å²) < 4.78 is 26.7. The summed E-state index contributed by atoms with van der Waals surface area (Å²) in [4.78, 5) is 21.2. The van der Waals surface area contributed by atoms with Crippen molar-refractivity contribution in [1.29, 1.82) is 0 Å². The smallest absolute Gasteiger partial charge is 0.352 e. The van der Waals surface area contributed by atoms with E-state index in [4.69, 9.17) is 5.11 Å². The molecule has 0 unspecified atom stereocenters. The minimum atomic E-state index is -3.86. The van der Waals surface area contributed by atoms with Gasteiger partial charge in [-0.3, -0.25) is 9.59 Å². The van der Waals surface area contributed by atoms with Gasteiger partial charge in [-0.2, -0.15) is 8.78 Å². The van der Waals surface area contributed by atoms with Gasteiger partial charge in [0.15, 0.2) is 0 Å². The first kappa shape index (κ1) is 12.8. The number of carbonyl (C=O) groups is 2. The third-order valence-corrected chi connectivity index (χ3v) is 2.67. The molecular weight excluding hydrogens is 224 g/mol. The van der Waals surface area contributed by atoms with Crippen LogP contribution < -0.4 is 5.32 Å². The quantitative estimate of drug-likeness (QED) is 0.634. The number of aliphatic carboxylic acids is 1. The highest BCUT2D eigenvalue weighted by atomic mass is 19.3. The maximum Gasteiger partial charge on any atom is 0.352 e. The number of nitrogens with one attached hydrogen (secondary N) is 1. The van der Waals surface area contributed by atoms with E-state index in [1.165, 1.54) is 0 Å². The van der Waals surface area contributed by atoms with E-state index in [9.17, 15) is 23.5 Å². The fourth-order valence-electron chi connectivity index (χ4n) is 1.43. The molecule has 16 heavy (non-hydrogen) atoms. The number of rotatable bonds is 5. The highest BCUT2D eigenvalue weighted by Crippen LogP contribution is 2.44. The summed E-state index contributed by atoms with van der Waals surface area (Å²) in [7, 11) is 0. The molecule has 0 radical (unpaired) electrons. The van der Waals surface area contributed by atoms with Crippen LogP contribution in [0.4, 0.5) is 8.78 Å². The number of halogens is 2. The highest BCUT2D eigenvalue weighted by Gasteiger charge is 2.60. The fraction of sp³-hybridized carbons (Fsp3) is 0.778. The molecule has 1 fully saturated rings. The van der Waals surface area contributed by atoms with E-state index in [1.54, 1.807) is 5.32 Å². The van der Waals surface area contributed by atoms with Crippen molar-refractivity contribution < 1.29 is 28.6 Å². The summed E-state index contributed by atoms with van der Waals surface area (Å²) in [5.74, 6) is -6.66. The average molecular weight is 237 g/mol. The number of alkyl halides is 2. The first-order valence-corrected chi connectivity index (χ1v) is 4.90. The van der Waals surface area contributed by atoms with Crippen molar-refractivity contribution in [2.45, 2.75) is 37.2 Å². The van der Waals surface area contributed by atoms with Crippen LogP contribution in [0.3, 0.4) is 0 Å². The Morgan fingerprint density at radius 1 is 1.38 bits per heavy atom. The highest BCUT2D eigenvalue weighted by molar-refractivity contribution is 5.85. The Morgan fingerprint density at radius 2 is 1.94 bits per heavy atom. The standard InChI is InChI=1S/C9H13F2NO4/c10-9(11,8(16)3-1-4-8)7(15)12-5-2-6(13)14/h16H,1-5H2,(H,12,15)(H,13,14). The van der Waals surface area contributed by atoms with E-state index in [0.717, 1.165) is 0 Å². The molecule has 0 aliphatic heterocycles. The molecule has 0 aromatic carbocycles. The topological polar surface area (TPSA) is 86.6 Å². The molecule has 1 rings (SSSR count). The minimum absolute atomic E-state index is 0.119. The molecule has 0 aromatic rings. The summed E-state index contributed by atoms with van der Waals surface area (Å²) >= 11 is 0. The molecule has 5 nitrogen and oxygen atoms in total. The van der Waals surface area contributed by atoms with Crippen LogP contribution in [-0.4, -0.2) is 40.2 Å². The van der Waals surface area contributed by atoms with E-state index >= 15 is 0 Å². The molecule has 0 saturated heterocycles. The Kier molecular flexibility index (Phi) is 3.47. The molecule has 0 heterocycles. The normalized spacial score (nSPS) is 18.7. The number of carboxylic acids is 1.